The number of fused-ring (bicyclic) bond motifs is 4. The average molecular weight is 382 g/mol. The van der Waals surface area contributed by atoms with Crippen LogP contribution < -0.4 is 4.90 Å². The van der Waals surface area contributed by atoms with Crippen LogP contribution in [0.3, 0.4) is 0 Å². The molecular weight excluding hydrogens is 364 g/mol. The Bertz CT molecular complexity index is 1330. The first-order chi connectivity index (χ1) is 14.0. The lowest BCUT2D eigenvalue weighted by molar-refractivity contribution is 0.0924. The number of Topliss-reactive ketones (excluding diaryl/α,β-unsaturated/α-hetero) is 1. The normalized spacial score (nSPS) is 13.5. The molecule has 1 aromatic heterocycles. The van der Waals surface area contributed by atoms with Crippen molar-refractivity contribution < 1.29 is 14.4 Å². The first-order valence-corrected chi connectivity index (χ1v) is 9.56. The SMILES string of the molecule is CCn1c2ccc(C(C)=O)cc2c2cc(N3C(=O)c4ccccc4C3=O)ccc21. The molecule has 5 nitrogen and oxygen atoms in total. The molecule has 0 saturated carbocycles. The van der Waals surface area contributed by atoms with Gasteiger partial charge in [0.05, 0.1) is 16.8 Å². The minimum Gasteiger partial charge on any atom is -0.341 e. The molecule has 0 saturated heterocycles. The molecule has 29 heavy (non-hydrogen) atoms. The van der Waals surface area contributed by atoms with E-state index in [9.17, 15) is 14.4 Å². The Morgan fingerprint density at radius 3 is 2.00 bits per heavy atom. The topological polar surface area (TPSA) is 59.4 Å². The monoisotopic (exact) mass is 382 g/mol. The number of hydrogen-bond acceptors (Lipinski definition) is 3. The summed E-state index contributed by atoms with van der Waals surface area (Å²) in [5.74, 6) is -0.622. The number of aryl methyl sites for hydroxylation is 1. The van der Waals surface area contributed by atoms with Crippen molar-refractivity contribution in [1.82, 2.24) is 4.57 Å². The van der Waals surface area contributed by atoms with Crippen LogP contribution >= 0.6 is 0 Å². The van der Waals surface area contributed by atoms with E-state index in [0.29, 0.717) is 22.4 Å². The predicted molar refractivity (Wildman–Crippen MR) is 113 cm³/mol. The zero-order valence-corrected chi connectivity index (χ0v) is 16.1. The molecule has 0 fully saturated rings. The second kappa shape index (κ2) is 6.14. The van der Waals surface area contributed by atoms with Gasteiger partial charge in [-0.1, -0.05) is 12.1 Å². The summed E-state index contributed by atoms with van der Waals surface area (Å²) >= 11 is 0. The number of nitrogens with zero attached hydrogens (tertiary/aromatic N) is 2. The molecule has 1 aliphatic heterocycles. The van der Waals surface area contributed by atoms with Gasteiger partial charge in [-0.05, 0) is 62.4 Å². The summed E-state index contributed by atoms with van der Waals surface area (Å²) in [7, 11) is 0. The zero-order chi connectivity index (χ0) is 20.3. The second-order valence-electron chi connectivity index (χ2n) is 7.23. The standard InChI is InChI=1S/C24H18N2O3/c1-3-25-21-10-8-15(14(2)27)12-19(21)20-13-16(9-11-22(20)25)26-23(28)17-6-4-5-7-18(17)24(26)29/h4-13H,3H2,1-2H3. The highest BCUT2D eigenvalue weighted by molar-refractivity contribution is 6.34. The van der Waals surface area contributed by atoms with E-state index in [1.54, 1.807) is 37.3 Å². The summed E-state index contributed by atoms with van der Waals surface area (Å²) in [5.41, 5.74) is 4.04. The van der Waals surface area contributed by atoms with Crippen LogP contribution in [0.4, 0.5) is 5.69 Å². The van der Waals surface area contributed by atoms with Gasteiger partial charge < -0.3 is 4.57 Å². The molecule has 2 heterocycles. The molecule has 0 unspecified atom stereocenters. The summed E-state index contributed by atoms with van der Waals surface area (Å²) in [6, 6.07) is 18.2. The lowest BCUT2D eigenvalue weighted by Gasteiger charge is -2.14. The highest BCUT2D eigenvalue weighted by Crippen LogP contribution is 2.35. The van der Waals surface area contributed by atoms with E-state index in [1.807, 2.05) is 30.3 Å². The number of amides is 2. The van der Waals surface area contributed by atoms with Crippen molar-refractivity contribution in [3.63, 3.8) is 0 Å². The third-order valence-corrected chi connectivity index (χ3v) is 5.62. The van der Waals surface area contributed by atoms with Crippen LogP contribution in [0.2, 0.25) is 0 Å². The van der Waals surface area contributed by atoms with Gasteiger partial charge in [0, 0.05) is 33.9 Å². The van der Waals surface area contributed by atoms with Gasteiger partial charge in [-0.15, -0.1) is 0 Å². The lowest BCUT2D eigenvalue weighted by atomic mass is 10.1. The molecular formula is C24H18N2O3. The molecule has 5 heteroatoms. The molecule has 0 radical (unpaired) electrons. The van der Waals surface area contributed by atoms with Gasteiger partial charge in [0.1, 0.15) is 0 Å². The van der Waals surface area contributed by atoms with Crippen LogP contribution in [-0.4, -0.2) is 22.2 Å². The molecule has 5 rings (SSSR count). The highest BCUT2D eigenvalue weighted by atomic mass is 16.2. The van der Waals surface area contributed by atoms with Gasteiger partial charge >= 0.3 is 0 Å². The summed E-state index contributed by atoms with van der Waals surface area (Å²) in [6.45, 7) is 4.38. The number of carbonyl (C=O) groups is 3. The Morgan fingerprint density at radius 1 is 0.828 bits per heavy atom. The maximum atomic E-state index is 12.9. The molecule has 0 N–H and O–H groups in total. The number of imide groups is 1. The predicted octanol–water partition coefficient (Wildman–Crippen LogP) is 4.82. The lowest BCUT2D eigenvalue weighted by Crippen LogP contribution is -2.29. The maximum Gasteiger partial charge on any atom is 0.266 e. The third-order valence-electron chi connectivity index (χ3n) is 5.62. The molecule has 0 atom stereocenters. The number of carbonyl (C=O) groups excluding carboxylic acids is 3. The van der Waals surface area contributed by atoms with Crippen molar-refractivity contribution >= 4 is 45.1 Å². The Kier molecular flexibility index (Phi) is 3.68. The Hall–Kier alpha value is -3.73. The van der Waals surface area contributed by atoms with Crippen molar-refractivity contribution in [2.45, 2.75) is 20.4 Å². The van der Waals surface area contributed by atoms with E-state index < -0.39 is 0 Å². The van der Waals surface area contributed by atoms with Gasteiger partial charge in [0.2, 0.25) is 0 Å². The fourth-order valence-corrected chi connectivity index (χ4v) is 4.21. The number of benzene rings is 3. The van der Waals surface area contributed by atoms with E-state index in [4.69, 9.17) is 0 Å². The van der Waals surface area contributed by atoms with Gasteiger partial charge in [-0.25, -0.2) is 4.90 Å². The van der Waals surface area contributed by atoms with Crippen LogP contribution in [0.15, 0.2) is 60.7 Å². The van der Waals surface area contributed by atoms with E-state index in [0.717, 1.165) is 28.4 Å². The summed E-state index contributed by atoms with van der Waals surface area (Å²) in [5, 5.41) is 1.85. The van der Waals surface area contributed by atoms with Gasteiger partial charge in [-0.3, -0.25) is 14.4 Å². The quantitative estimate of drug-likeness (QED) is 0.377. The minimum absolute atomic E-state index is 0.000742. The van der Waals surface area contributed by atoms with Crippen molar-refractivity contribution in [2.24, 2.45) is 0 Å². The highest BCUT2D eigenvalue weighted by Gasteiger charge is 2.36. The van der Waals surface area contributed by atoms with Crippen LogP contribution in [0.1, 0.15) is 44.9 Å². The molecule has 3 aromatic carbocycles. The van der Waals surface area contributed by atoms with Crippen LogP contribution in [0.25, 0.3) is 21.8 Å². The smallest absolute Gasteiger partial charge is 0.266 e. The van der Waals surface area contributed by atoms with Crippen molar-refractivity contribution in [3.05, 3.63) is 77.4 Å². The number of anilines is 1. The largest absolute Gasteiger partial charge is 0.341 e. The summed E-state index contributed by atoms with van der Waals surface area (Å²) in [4.78, 5) is 38.8. The van der Waals surface area contributed by atoms with E-state index >= 15 is 0 Å². The van der Waals surface area contributed by atoms with Crippen LogP contribution in [-0.2, 0) is 6.54 Å². The van der Waals surface area contributed by atoms with Crippen molar-refractivity contribution in [2.75, 3.05) is 4.90 Å². The second-order valence-corrected chi connectivity index (χ2v) is 7.23. The molecule has 2 amide bonds. The molecule has 142 valence electrons. The number of rotatable bonds is 3. The first-order valence-electron chi connectivity index (χ1n) is 9.56. The molecule has 0 aliphatic carbocycles. The van der Waals surface area contributed by atoms with Crippen molar-refractivity contribution in [3.8, 4) is 0 Å². The van der Waals surface area contributed by atoms with Crippen molar-refractivity contribution in [1.29, 1.82) is 0 Å². The average Bonchev–Trinajstić information content (AvgIpc) is 3.18. The Balaban J connectivity index is 1.74. The molecule has 0 bridgehead atoms. The number of aromatic nitrogens is 1. The first kappa shape index (κ1) is 17.4. The zero-order valence-electron chi connectivity index (χ0n) is 16.1. The Morgan fingerprint density at radius 2 is 1.41 bits per heavy atom. The summed E-state index contributed by atoms with van der Waals surface area (Å²) in [6.07, 6.45) is 0. The fourth-order valence-electron chi connectivity index (χ4n) is 4.21. The van der Waals surface area contributed by atoms with Gasteiger partial charge in [0.15, 0.2) is 5.78 Å². The van der Waals surface area contributed by atoms with E-state index in [1.165, 1.54) is 4.90 Å². The van der Waals surface area contributed by atoms with Crippen LogP contribution in [0, 0.1) is 0 Å². The molecule has 0 spiro atoms. The van der Waals surface area contributed by atoms with E-state index in [-0.39, 0.29) is 17.6 Å². The number of hydrogen-bond donors (Lipinski definition) is 0. The minimum atomic E-state index is -0.311. The molecule has 1 aliphatic rings. The van der Waals surface area contributed by atoms with Crippen LogP contribution in [0.5, 0.6) is 0 Å². The Labute approximate surface area is 167 Å². The van der Waals surface area contributed by atoms with Gasteiger partial charge in [-0.2, -0.15) is 0 Å². The maximum absolute atomic E-state index is 12.9. The summed E-state index contributed by atoms with van der Waals surface area (Å²) < 4.78 is 2.17. The number of ketones is 1. The van der Waals surface area contributed by atoms with Gasteiger partial charge in [0.25, 0.3) is 11.8 Å². The van der Waals surface area contributed by atoms with E-state index in [2.05, 4.69) is 11.5 Å². The molecule has 4 aromatic rings. The third kappa shape index (κ3) is 2.37. The fraction of sp³-hybridized carbons (Fsp3) is 0.125.